The molecule has 2 atom stereocenters. The third-order valence-electron chi connectivity index (χ3n) is 11.7. The standard InChI is InChI=1S/C53H45N9O8S3/c1-68-54-29-30-61-48(66)46(64)58-59-52(61)71-31-28-36-32-72-49-42(47(65)62(49)43(36)50(67)70-44(34-18-8-3-9-19-34)35-20-10-4-11-21-35)56-45(63)41(60-69-2)40-33-73-51(55-40)57-53(37-22-12-5-13-23-37,38-24-14-6-15-25-38)39-26-16-7-17-27-39/h3-31,33,42,44,49,54H,32H2,1-2H3,(H,55,57)(H,56,63)(H,58,64). The summed E-state index contributed by atoms with van der Waals surface area (Å²) in [6, 6.07) is 47.4. The molecule has 1 saturated heterocycles. The van der Waals surface area contributed by atoms with Crippen molar-refractivity contribution in [3.8, 4) is 0 Å². The van der Waals surface area contributed by atoms with Crippen LogP contribution >= 0.6 is 34.9 Å². The van der Waals surface area contributed by atoms with Gasteiger partial charge in [-0.2, -0.15) is 0 Å². The monoisotopic (exact) mass is 1030 g/mol. The van der Waals surface area contributed by atoms with Crippen LogP contribution in [0.3, 0.4) is 0 Å². The highest BCUT2D eigenvalue weighted by atomic mass is 32.2. The van der Waals surface area contributed by atoms with Gasteiger partial charge in [-0.3, -0.25) is 39.0 Å². The first-order valence-corrected chi connectivity index (χ1v) is 25.3. The van der Waals surface area contributed by atoms with Crippen molar-refractivity contribution in [1.82, 2.24) is 35.4 Å². The van der Waals surface area contributed by atoms with Gasteiger partial charge in [-0.1, -0.05) is 169 Å². The predicted molar refractivity (Wildman–Crippen MR) is 281 cm³/mol. The number of carbonyl (C=O) groups excluding carboxylic acids is 3. The lowest BCUT2D eigenvalue weighted by molar-refractivity contribution is -0.154. The largest absolute Gasteiger partial charge is 0.448 e. The van der Waals surface area contributed by atoms with E-state index in [-0.39, 0.29) is 28.0 Å². The number of thioether (sulfide) groups is 2. The Balaban J connectivity index is 1.00. The number of benzene rings is 5. The topological polar surface area (TPSA) is 211 Å². The second-order valence-electron chi connectivity index (χ2n) is 16.0. The number of hydroxylamine groups is 1. The summed E-state index contributed by atoms with van der Waals surface area (Å²) < 4.78 is 7.34. The van der Waals surface area contributed by atoms with Crippen molar-refractivity contribution in [2.45, 2.75) is 28.2 Å². The quantitative estimate of drug-likeness (QED) is 0.0122. The molecule has 4 heterocycles. The highest BCUT2D eigenvalue weighted by Crippen LogP contribution is 2.43. The van der Waals surface area contributed by atoms with E-state index in [1.807, 2.05) is 152 Å². The smallest absolute Gasteiger partial charge is 0.356 e. The van der Waals surface area contributed by atoms with E-state index >= 15 is 0 Å². The molecule has 0 radical (unpaired) electrons. The molecular weight excluding hydrogens is 987 g/mol. The predicted octanol–water partition coefficient (Wildman–Crippen LogP) is 7.01. The highest BCUT2D eigenvalue weighted by Gasteiger charge is 2.55. The molecule has 0 spiro atoms. The zero-order valence-corrected chi connectivity index (χ0v) is 41.4. The number of nitrogens with zero attached hydrogens (tertiary/aromatic N) is 5. The maximum Gasteiger partial charge on any atom is 0.356 e. The zero-order valence-electron chi connectivity index (χ0n) is 39.0. The van der Waals surface area contributed by atoms with Gasteiger partial charge < -0.3 is 20.2 Å². The summed E-state index contributed by atoms with van der Waals surface area (Å²) in [6.07, 6.45) is 3.34. The number of hydrogen-bond acceptors (Lipinski definition) is 16. The van der Waals surface area contributed by atoms with Gasteiger partial charge in [-0.25, -0.2) is 14.9 Å². The van der Waals surface area contributed by atoms with Gasteiger partial charge in [-0.15, -0.1) is 28.2 Å². The first-order valence-electron chi connectivity index (χ1n) is 22.5. The van der Waals surface area contributed by atoms with Gasteiger partial charge in [0.15, 0.2) is 22.1 Å². The van der Waals surface area contributed by atoms with Gasteiger partial charge in [-0.05, 0) is 44.9 Å². The summed E-state index contributed by atoms with van der Waals surface area (Å²) in [5, 5.41) is 20.0. The molecule has 2 aliphatic rings. The Morgan fingerprint density at radius 3 is 1.97 bits per heavy atom. The molecule has 5 aromatic carbocycles. The molecule has 9 rings (SSSR count). The molecule has 0 bridgehead atoms. The number of nitrogens with one attached hydrogen (secondary N) is 4. The number of rotatable bonds is 19. The van der Waals surface area contributed by atoms with Crippen molar-refractivity contribution in [3.05, 3.63) is 240 Å². The Morgan fingerprint density at radius 1 is 0.836 bits per heavy atom. The summed E-state index contributed by atoms with van der Waals surface area (Å²) in [5.74, 6) is -1.90. The minimum atomic E-state index is -1.09. The lowest BCUT2D eigenvalue weighted by Gasteiger charge is -2.49. The van der Waals surface area contributed by atoms with E-state index in [1.54, 1.807) is 16.9 Å². The molecule has 17 nitrogen and oxygen atoms in total. The second-order valence-corrected chi connectivity index (χ2v) is 18.9. The number of fused-ring (bicyclic) bond motifs is 1. The minimum Gasteiger partial charge on any atom is -0.448 e. The maximum absolute atomic E-state index is 14.7. The van der Waals surface area contributed by atoms with E-state index in [0.717, 1.165) is 33.0 Å². The second kappa shape index (κ2) is 22.8. The third kappa shape index (κ3) is 10.5. The Kier molecular flexibility index (Phi) is 15.5. The fourth-order valence-electron chi connectivity index (χ4n) is 8.36. The van der Waals surface area contributed by atoms with Crippen molar-refractivity contribution in [1.29, 1.82) is 0 Å². The van der Waals surface area contributed by atoms with Gasteiger partial charge in [0, 0.05) is 23.5 Å². The van der Waals surface area contributed by atoms with Crippen molar-refractivity contribution < 1.29 is 28.8 Å². The fraction of sp³-hybridized carbons (Fsp3) is 0.132. The average Bonchev–Trinajstić information content (AvgIpc) is 3.90. The molecule has 4 N–H and O–H groups in total. The molecular formula is C53H45N9O8S3. The molecule has 368 valence electrons. The molecule has 2 unspecified atom stereocenters. The Morgan fingerprint density at radius 2 is 1.41 bits per heavy atom. The van der Waals surface area contributed by atoms with Crippen molar-refractivity contribution in [2.75, 3.05) is 25.3 Å². The van der Waals surface area contributed by atoms with E-state index in [4.69, 9.17) is 19.4 Å². The van der Waals surface area contributed by atoms with Gasteiger partial charge >= 0.3 is 17.1 Å². The number of amides is 2. The van der Waals surface area contributed by atoms with Gasteiger partial charge in [0.2, 0.25) is 0 Å². The van der Waals surface area contributed by atoms with E-state index in [9.17, 15) is 24.0 Å². The molecule has 2 aliphatic heterocycles. The molecule has 2 aromatic heterocycles. The summed E-state index contributed by atoms with van der Waals surface area (Å²) in [6.45, 7) is 0. The van der Waals surface area contributed by atoms with E-state index in [2.05, 4.69) is 31.5 Å². The number of esters is 1. The molecule has 7 aromatic rings. The number of β-lactam (4-membered cyclic amide) rings is 1. The number of carbonyl (C=O) groups is 3. The SMILES string of the molecule is CON=C(C(=O)NC1C(=O)N2C(C(=O)OC(c3ccccc3)c3ccccc3)=C(C=CSc3n[nH]c(=O)c(=O)n3C=CNOC)CSC12)c1csc(NC(c2ccccc2)(c2ccccc2)c2ccccc2)n1. The fourth-order valence-corrected chi connectivity index (χ4v) is 11.1. The van der Waals surface area contributed by atoms with Crippen molar-refractivity contribution in [2.24, 2.45) is 5.16 Å². The van der Waals surface area contributed by atoms with Crippen LogP contribution in [-0.4, -0.2) is 79.5 Å². The van der Waals surface area contributed by atoms with Crippen molar-refractivity contribution >= 4 is 69.7 Å². The summed E-state index contributed by atoms with van der Waals surface area (Å²) in [5.41, 5.74) is 4.39. The number of thiazole rings is 1. The molecule has 0 aliphatic carbocycles. The van der Waals surface area contributed by atoms with Gasteiger partial charge in [0.25, 0.3) is 11.8 Å². The first-order chi connectivity index (χ1) is 35.7. The number of oxime groups is 1. The van der Waals surface area contributed by atoms with Crippen LogP contribution in [-0.2, 0) is 34.3 Å². The van der Waals surface area contributed by atoms with Crippen LogP contribution < -0.4 is 27.2 Å². The minimum absolute atomic E-state index is 0.0382. The Labute approximate surface area is 430 Å². The molecule has 20 heteroatoms. The van der Waals surface area contributed by atoms with Crippen LogP contribution in [0.2, 0.25) is 0 Å². The lowest BCUT2D eigenvalue weighted by Crippen LogP contribution is -2.71. The van der Waals surface area contributed by atoms with Crippen LogP contribution in [0.1, 0.15) is 39.6 Å². The normalized spacial score (nSPS) is 15.8. The Hall–Kier alpha value is -8.30. The zero-order chi connectivity index (χ0) is 50.7. The molecule has 73 heavy (non-hydrogen) atoms. The number of hydrogen-bond donors (Lipinski definition) is 4. The molecule has 2 amide bonds. The van der Waals surface area contributed by atoms with Crippen LogP contribution in [0.15, 0.2) is 206 Å². The number of allylic oxidation sites excluding steroid dienone is 1. The number of aromatic nitrogens is 4. The van der Waals surface area contributed by atoms with Gasteiger partial charge in [0.05, 0.1) is 7.11 Å². The van der Waals surface area contributed by atoms with E-state index < -0.39 is 52.0 Å². The van der Waals surface area contributed by atoms with Crippen LogP contribution in [0.4, 0.5) is 5.13 Å². The van der Waals surface area contributed by atoms with Crippen LogP contribution in [0, 0.1) is 0 Å². The van der Waals surface area contributed by atoms with Crippen molar-refractivity contribution in [3.63, 3.8) is 0 Å². The number of ether oxygens (including phenoxy) is 1. The summed E-state index contributed by atoms with van der Waals surface area (Å²) >= 11 is 3.56. The molecule has 1 fully saturated rings. The Bertz CT molecular complexity index is 3200. The number of aromatic amines is 1. The van der Waals surface area contributed by atoms with Crippen LogP contribution in [0.25, 0.3) is 6.20 Å². The van der Waals surface area contributed by atoms with E-state index in [1.165, 1.54) is 54.6 Å². The summed E-state index contributed by atoms with van der Waals surface area (Å²) in [7, 11) is 2.69. The van der Waals surface area contributed by atoms with Crippen LogP contribution in [0.5, 0.6) is 0 Å². The highest BCUT2D eigenvalue weighted by molar-refractivity contribution is 8.02. The lowest BCUT2D eigenvalue weighted by atomic mass is 9.77. The summed E-state index contributed by atoms with van der Waals surface area (Å²) in [4.78, 5) is 84.6. The maximum atomic E-state index is 14.7. The number of H-pyrrole nitrogens is 1. The third-order valence-corrected chi connectivity index (χ3v) is 14.5. The van der Waals surface area contributed by atoms with Gasteiger partial charge in [0.1, 0.15) is 35.5 Å². The van der Waals surface area contributed by atoms with E-state index in [0.29, 0.717) is 21.8 Å². The first kappa shape index (κ1) is 49.7. The number of anilines is 1. The molecule has 0 saturated carbocycles. The average molecular weight is 1030 g/mol.